The fraction of sp³-hybridized carbons (Fsp3) is 0.333. The van der Waals surface area contributed by atoms with Crippen LogP contribution in [-0.2, 0) is 11.3 Å². The highest BCUT2D eigenvalue weighted by Crippen LogP contribution is 2.33. The van der Waals surface area contributed by atoms with Gasteiger partial charge in [0.25, 0.3) is 5.91 Å². The maximum Gasteiger partial charge on any atom is 0.404 e. The van der Waals surface area contributed by atoms with Gasteiger partial charge in [-0.15, -0.1) is 0 Å². The van der Waals surface area contributed by atoms with Crippen molar-refractivity contribution in [2.45, 2.75) is 38.6 Å². The van der Waals surface area contributed by atoms with Crippen molar-refractivity contribution < 1.29 is 14.3 Å². The Morgan fingerprint density at radius 3 is 2.75 bits per heavy atom. The third-order valence-electron chi connectivity index (χ3n) is 4.95. The maximum atomic E-state index is 12.5. The summed E-state index contributed by atoms with van der Waals surface area (Å²) in [5, 5.41) is 3.67. The summed E-state index contributed by atoms with van der Waals surface area (Å²) in [6.07, 6.45) is 1.14. The first kappa shape index (κ1) is 20.2. The number of rotatable bonds is 6. The van der Waals surface area contributed by atoms with Crippen LogP contribution in [-0.4, -0.2) is 29.6 Å². The van der Waals surface area contributed by atoms with Crippen LogP contribution in [0.25, 0.3) is 0 Å². The first-order valence-electron chi connectivity index (χ1n) is 9.27. The van der Waals surface area contributed by atoms with E-state index >= 15 is 0 Å². The number of nitrogens with two attached hydrogens (primary N) is 1. The normalized spacial score (nSPS) is 17.9. The van der Waals surface area contributed by atoms with Crippen LogP contribution in [0, 0.1) is 0 Å². The Labute approximate surface area is 169 Å². The van der Waals surface area contributed by atoms with Gasteiger partial charge in [-0.2, -0.15) is 0 Å². The summed E-state index contributed by atoms with van der Waals surface area (Å²) < 4.78 is 4.89. The monoisotopic (exact) mass is 401 g/mol. The Morgan fingerprint density at radius 2 is 2.04 bits per heavy atom. The summed E-state index contributed by atoms with van der Waals surface area (Å²) >= 11 is 5.89. The summed E-state index contributed by atoms with van der Waals surface area (Å²) in [7, 11) is 0. The zero-order valence-electron chi connectivity index (χ0n) is 15.7. The Kier molecular flexibility index (Phi) is 6.54. The molecule has 1 heterocycles. The van der Waals surface area contributed by atoms with Crippen molar-refractivity contribution >= 4 is 23.6 Å². The van der Waals surface area contributed by atoms with Crippen molar-refractivity contribution in [1.82, 2.24) is 10.2 Å². The van der Waals surface area contributed by atoms with E-state index in [0.29, 0.717) is 10.6 Å². The van der Waals surface area contributed by atoms with Crippen molar-refractivity contribution in [3.05, 3.63) is 70.2 Å². The average molecular weight is 402 g/mol. The molecule has 7 heteroatoms. The van der Waals surface area contributed by atoms with E-state index in [2.05, 4.69) is 16.3 Å². The fourth-order valence-electron chi connectivity index (χ4n) is 3.61. The molecule has 2 aromatic carbocycles. The second kappa shape index (κ2) is 9.08. The number of hydrogen-bond acceptors (Lipinski definition) is 4. The van der Waals surface area contributed by atoms with Crippen LogP contribution in [0.1, 0.15) is 47.3 Å². The number of amides is 2. The van der Waals surface area contributed by atoms with Crippen molar-refractivity contribution in [1.29, 1.82) is 0 Å². The number of ether oxygens (including phenoxy) is 1. The van der Waals surface area contributed by atoms with Gasteiger partial charge in [0.2, 0.25) is 0 Å². The Morgan fingerprint density at radius 1 is 1.29 bits per heavy atom. The van der Waals surface area contributed by atoms with E-state index in [9.17, 15) is 9.59 Å². The SMILES string of the molecule is CC(NC(=O)c1ccc(Cl)cc1)N1CCCC1c1cccc(COC(N)=O)c1. The predicted molar refractivity (Wildman–Crippen MR) is 108 cm³/mol. The lowest BCUT2D eigenvalue weighted by Gasteiger charge is -2.31. The van der Waals surface area contributed by atoms with Gasteiger partial charge in [0.05, 0.1) is 6.17 Å². The third kappa shape index (κ3) is 5.03. The van der Waals surface area contributed by atoms with Gasteiger partial charge >= 0.3 is 6.09 Å². The van der Waals surface area contributed by atoms with Crippen LogP contribution < -0.4 is 11.1 Å². The van der Waals surface area contributed by atoms with Crippen LogP contribution in [0.4, 0.5) is 4.79 Å². The van der Waals surface area contributed by atoms with Crippen LogP contribution >= 0.6 is 11.6 Å². The molecule has 148 valence electrons. The lowest BCUT2D eigenvalue weighted by Crippen LogP contribution is -2.45. The van der Waals surface area contributed by atoms with E-state index in [1.165, 1.54) is 0 Å². The van der Waals surface area contributed by atoms with Crippen LogP contribution in [0.15, 0.2) is 48.5 Å². The lowest BCUT2D eigenvalue weighted by molar-refractivity contribution is 0.0849. The molecule has 1 aliphatic rings. The highest BCUT2D eigenvalue weighted by molar-refractivity contribution is 6.30. The highest BCUT2D eigenvalue weighted by Gasteiger charge is 2.30. The van der Waals surface area contributed by atoms with Crippen LogP contribution in [0.2, 0.25) is 5.02 Å². The molecule has 2 amide bonds. The molecule has 2 aromatic rings. The van der Waals surface area contributed by atoms with E-state index < -0.39 is 6.09 Å². The molecule has 28 heavy (non-hydrogen) atoms. The van der Waals surface area contributed by atoms with Gasteiger partial charge in [-0.1, -0.05) is 35.9 Å². The standard InChI is InChI=1S/C21H24ClN3O3/c1-14(24-20(26)16-7-9-18(22)10-8-16)25-11-3-6-19(25)17-5-2-4-15(12-17)13-28-21(23)27/h2,4-5,7-10,12,14,19H,3,6,11,13H2,1H3,(H2,23,27)(H,24,26). The Hall–Kier alpha value is -2.57. The largest absolute Gasteiger partial charge is 0.445 e. The second-order valence-corrected chi connectivity index (χ2v) is 7.34. The molecule has 0 spiro atoms. The minimum Gasteiger partial charge on any atom is -0.445 e. The molecule has 1 aliphatic heterocycles. The first-order valence-corrected chi connectivity index (χ1v) is 9.65. The molecule has 6 nitrogen and oxygen atoms in total. The van der Waals surface area contributed by atoms with Crippen molar-refractivity contribution in [3.8, 4) is 0 Å². The van der Waals surface area contributed by atoms with Gasteiger partial charge in [-0.25, -0.2) is 4.79 Å². The van der Waals surface area contributed by atoms with E-state index in [-0.39, 0.29) is 24.7 Å². The number of nitrogens with one attached hydrogen (secondary N) is 1. The zero-order chi connectivity index (χ0) is 20.1. The van der Waals surface area contributed by atoms with Gasteiger partial charge in [-0.05, 0) is 55.2 Å². The van der Waals surface area contributed by atoms with E-state index in [4.69, 9.17) is 22.1 Å². The number of hydrogen-bond donors (Lipinski definition) is 2. The average Bonchev–Trinajstić information content (AvgIpc) is 3.17. The summed E-state index contributed by atoms with van der Waals surface area (Å²) in [5.41, 5.74) is 7.65. The molecule has 2 atom stereocenters. The summed E-state index contributed by atoms with van der Waals surface area (Å²) in [4.78, 5) is 25.6. The highest BCUT2D eigenvalue weighted by atomic mass is 35.5. The molecule has 1 fully saturated rings. The number of halogens is 1. The lowest BCUT2D eigenvalue weighted by atomic mass is 10.0. The molecule has 3 rings (SSSR count). The minimum atomic E-state index is -0.786. The summed E-state index contributed by atoms with van der Waals surface area (Å²) in [6.45, 7) is 3.04. The van der Waals surface area contributed by atoms with Gasteiger partial charge in [0, 0.05) is 23.2 Å². The topological polar surface area (TPSA) is 84.7 Å². The molecule has 0 saturated carbocycles. The number of benzene rings is 2. The molecule has 3 N–H and O–H groups in total. The Balaban J connectivity index is 1.68. The number of nitrogens with zero attached hydrogens (tertiary/aromatic N) is 1. The van der Waals surface area contributed by atoms with Crippen LogP contribution in [0.3, 0.4) is 0 Å². The van der Waals surface area contributed by atoms with Crippen molar-refractivity contribution in [2.24, 2.45) is 5.73 Å². The number of carbonyl (C=O) groups is 2. The smallest absolute Gasteiger partial charge is 0.404 e. The second-order valence-electron chi connectivity index (χ2n) is 6.90. The van der Waals surface area contributed by atoms with Gasteiger partial charge in [0.15, 0.2) is 0 Å². The van der Waals surface area contributed by atoms with Gasteiger partial charge in [-0.3, -0.25) is 9.69 Å². The Bertz CT molecular complexity index is 841. The number of primary amides is 1. The van der Waals surface area contributed by atoms with E-state index in [1.54, 1.807) is 24.3 Å². The van der Waals surface area contributed by atoms with Crippen molar-refractivity contribution in [3.63, 3.8) is 0 Å². The quantitative estimate of drug-likeness (QED) is 0.769. The summed E-state index contributed by atoms with van der Waals surface area (Å²) in [6, 6.07) is 15.0. The molecular weight excluding hydrogens is 378 g/mol. The fourth-order valence-corrected chi connectivity index (χ4v) is 3.74. The molecular formula is C21H24ClN3O3. The molecule has 0 aliphatic carbocycles. The van der Waals surface area contributed by atoms with Crippen molar-refractivity contribution in [2.75, 3.05) is 6.54 Å². The number of likely N-dealkylation sites (tertiary alicyclic amines) is 1. The first-order chi connectivity index (χ1) is 13.4. The van der Waals surface area contributed by atoms with Gasteiger partial charge in [0.1, 0.15) is 6.61 Å². The molecule has 0 aromatic heterocycles. The summed E-state index contributed by atoms with van der Waals surface area (Å²) in [5.74, 6) is -0.126. The molecule has 0 bridgehead atoms. The minimum absolute atomic E-state index is 0.124. The van der Waals surface area contributed by atoms with Crippen LogP contribution in [0.5, 0.6) is 0 Å². The maximum absolute atomic E-state index is 12.5. The number of carbonyl (C=O) groups excluding carboxylic acids is 2. The zero-order valence-corrected chi connectivity index (χ0v) is 16.5. The predicted octanol–water partition coefficient (Wildman–Crippen LogP) is 3.85. The third-order valence-corrected chi connectivity index (χ3v) is 5.21. The molecule has 1 saturated heterocycles. The molecule has 0 radical (unpaired) electrons. The van der Waals surface area contributed by atoms with E-state index in [1.807, 2.05) is 25.1 Å². The van der Waals surface area contributed by atoms with E-state index in [0.717, 1.165) is 30.5 Å². The molecule has 2 unspecified atom stereocenters. The van der Waals surface area contributed by atoms with Gasteiger partial charge < -0.3 is 15.8 Å².